The van der Waals surface area contributed by atoms with Crippen molar-refractivity contribution in [3.05, 3.63) is 114 Å². The summed E-state index contributed by atoms with van der Waals surface area (Å²) < 4.78 is 22.1. The fourth-order valence-corrected chi connectivity index (χ4v) is 3.29. The predicted molar refractivity (Wildman–Crippen MR) is 136 cm³/mol. The number of carbonyl (C=O) groups is 2. The maximum Gasteiger partial charge on any atom is 0.338 e. The molecule has 0 radical (unpaired) electrons. The van der Waals surface area contributed by atoms with Crippen LogP contribution >= 0.6 is 0 Å². The molecule has 0 heterocycles. The summed E-state index contributed by atoms with van der Waals surface area (Å²) in [6.45, 7) is -0.0732. The van der Waals surface area contributed by atoms with Crippen molar-refractivity contribution in [1.29, 1.82) is 0 Å². The molecule has 0 fully saturated rings. The first-order chi connectivity index (χ1) is 17.6. The van der Waals surface area contributed by atoms with Crippen LogP contribution in [0.15, 0.2) is 103 Å². The highest BCUT2D eigenvalue weighted by Crippen LogP contribution is 2.29. The Hall–Kier alpha value is -4.78. The van der Waals surface area contributed by atoms with Crippen molar-refractivity contribution in [3.63, 3.8) is 0 Å². The Morgan fingerprint density at radius 3 is 2.11 bits per heavy atom. The number of hydrogen-bond acceptors (Lipinski definition) is 6. The fourth-order valence-electron chi connectivity index (χ4n) is 3.29. The van der Waals surface area contributed by atoms with E-state index in [0.717, 1.165) is 5.56 Å². The van der Waals surface area contributed by atoms with Gasteiger partial charge in [0.2, 0.25) is 0 Å². The van der Waals surface area contributed by atoms with Crippen molar-refractivity contribution in [2.75, 3.05) is 19.0 Å². The lowest BCUT2D eigenvalue weighted by molar-refractivity contribution is -0.119. The summed E-state index contributed by atoms with van der Waals surface area (Å²) in [6, 6.07) is 30.7. The summed E-state index contributed by atoms with van der Waals surface area (Å²) in [5.41, 5.74) is 1.81. The SMILES string of the molecule is COc1cc(C(=O)OCC(=O)Nc2ccc(Oc3ccccc3)cc2)ccc1OCc1ccccc1. The van der Waals surface area contributed by atoms with Gasteiger partial charge in [0.1, 0.15) is 18.1 Å². The monoisotopic (exact) mass is 483 g/mol. The van der Waals surface area contributed by atoms with Gasteiger partial charge in [-0.3, -0.25) is 4.79 Å². The van der Waals surface area contributed by atoms with Crippen LogP contribution in [-0.2, 0) is 16.1 Å². The van der Waals surface area contributed by atoms with E-state index in [1.807, 2.05) is 60.7 Å². The zero-order chi connectivity index (χ0) is 25.2. The van der Waals surface area contributed by atoms with Crippen LogP contribution in [0.3, 0.4) is 0 Å². The molecule has 36 heavy (non-hydrogen) atoms. The molecule has 0 saturated heterocycles. The van der Waals surface area contributed by atoms with Gasteiger partial charge in [-0.15, -0.1) is 0 Å². The van der Waals surface area contributed by atoms with E-state index in [2.05, 4.69) is 5.32 Å². The second kappa shape index (κ2) is 12.1. The number of ether oxygens (including phenoxy) is 4. The van der Waals surface area contributed by atoms with Gasteiger partial charge in [0.25, 0.3) is 5.91 Å². The van der Waals surface area contributed by atoms with E-state index in [9.17, 15) is 9.59 Å². The van der Waals surface area contributed by atoms with E-state index >= 15 is 0 Å². The largest absolute Gasteiger partial charge is 0.493 e. The normalized spacial score (nSPS) is 10.2. The highest BCUT2D eigenvalue weighted by Gasteiger charge is 2.14. The molecule has 7 nitrogen and oxygen atoms in total. The number of methoxy groups -OCH3 is 1. The smallest absolute Gasteiger partial charge is 0.338 e. The van der Waals surface area contributed by atoms with Crippen LogP contribution in [-0.4, -0.2) is 25.6 Å². The van der Waals surface area contributed by atoms with Gasteiger partial charge in [-0.25, -0.2) is 4.79 Å². The Bertz CT molecular complexity index is 1290. The summed E-state index contributed by atoms with van der Waals surface area (Å²) in [5, 5.41) is 2.69. The highest BCUT2D eigenvalue weighted by atomic mass is 16.5. The minimum Gasteiger partial charge on any atom is -0.493 e. The predicted octanol–water partition coefficient (Wildman–Crippen LogP) is 5.86. The topological polar surface area (TPSA) is 83.1 Å². The number of benzene rings is 4. The zero-order valence-corrected chi connectivity index (χ0v) is 19.7. The first-order valence-corrected chi connectivity index (χ1v) is 11.3. The third-order valence-corrected chi connectivity index (χ3v) is 5.09. The Morgan fingerprint density at radius 2 is 1.42 bits per heavy atom. The molecular formula is C29H25NO6. The van der Waals surface area contributed by atoms with E-state index < -0.39 is 18.5 Å². The van der Waals surface area contributed by atoms with E-state index in [4.69, 9.17) is 18.9 Å². The lowest BCUT2D eigenvalue weighted by Gasteiger charge is -2.12. The van der Waals surface area contributed by atoms with Crippen molar-refractivity contribution in [2.24, 2.45) is 0 Å². The second-order valence-electron chi connectivity index (χ2n) is 7.70. The number of para-hydroxylation sites is 1. The van der Waals surface area contributed by atoms with Crippen LogP contribution in [0.4, 0.5) is 5.69 Å². The number of nitrogens with one attached hydrogen (secondary N) is 1. The van der Waals surface area contributed by atoms with Crippen LogP contribution < -0.4 is 19.5 Å². The van der Waals surface area contributed by atoms with Gasteiger partial charge in [-0.1, -0.05) is 48.5 Å². The van der Waals surface area contributed by atoms with Crippen molar-refractivity contribution < 1.29 is 28.5 Å². The van der Waals surface area contributed by atoms with Crippen LogP contribution in [0.1, 0.15) is 15.9 Å². The molecular weight excluding hydrogens is 458 g/mol. The molecule has 4 aromatic rings. The van der Waals surface area contributed by atoms with E-state index in [0.29, 0.717) is 35.3 Å². The molecule has 0 spiro atoms. The van der Waals surface area contributed by atoms with Crippen LogP contribution in [0, 0.1) is 0 Å². The zero-order valence-electron chi connectivity index (χ0n) is 19.7. The number of esters is 1. The second-order valence-corrected chi connectivity index (χ2v) is 7.70. The Labute approximate surface area is 209 Å². The number of anilines is 1. The summed E-state index contributed by atoms with van der Waals surface area (Å²) in [7, 11) is 1.49. The molecule has 182 valence electrons. The molecule has 0 bridgehead atoms. The van der Waals surface area contributed by atoms with Crippen LogP contribution in [0.5, 0.6) is 23.0 Å². The summed E-state index contributed by atoms with van der Waals surface area (Å²) in [4.78, 5) is 24.7. The van der Waals surface area contributed by atoms with Crippen LogP contribution in [0.2, 0.25) is 0 Å². The molecule has 7 heteroatoms. The first-order valence-electron chi connectivity index (χ1n) is 11.3. The van der Waals surface area contributed by atoms with Gasteiger partial charge in [0, 0.05) is 5.69 Å². The minimum absolute atomic E-state index is 0.245. The van der Waals surface area contributed by atoms with Gasteiger partial charge in [-0.05, 0) is 60.2 Å². The molecule has 0 aromatic heterocycles. The lowest BCUT2D eigenvalue weighted by atomic mass is 10.2. The lowest BCUT2D eigenvalue weighted by Crippen LogP contribution is -2.20. The van der Waals surface area contributed by atoms with Gasteiger partial charge >= 0.3 is 5.97 Å². The number of rotatable bonds is 10. The molecule has 0 atom stereocenters. The summed E-state index contributed by atoms with van der Waals surface area (Å²) in [5.74, 6) is 1.13. The number of hydrogen-bond donors (Lipinski definition) is 1. The van der Waals surface area contributed by atoms with Crippen molar-refractivity contribution in [3.8, 4) is 23.0 Å². The standard InChI is InChI=1S/C29H25NO6/c1-33-27-18-22(12-17-26(27)34-19-21-8-4-2-5-9-21)29(32)35-20-28(31)30-23-13-15-25(16-14-23)36-24-10-6-3-7-11-24/h2-18H,19-20H2,1H3,(H,30,31). The summed E-state index contributed by atoms with van der Waals surface area (Å²) >= 11 is 0. The Kier molecular flexibility index (Phi) is 8.17. The number of amides is 1. The molecule has 4 aromatic carbocycles. The quantitative estimate of drug-likeness (QED) is 0.285. The Balaban J connectivity index is 1.27. The average molecular weight is 484 g/mol. The molecule has 4 rings (SSSR count). The van der Waals surface area contributed by atoms with Crippen molar-refractivity contribution in [1.82, 2.24) is 0 Å². The fraction of sp³-hybridized carbons (Fsp3) is 0.103. The third kappa shape index (κ3) is 6.87. The van der Waals surface area contributed by atoms with Gasteiger partial charge in [0.05, 0.1) is 12.7 Å². The van der Waals surface area contributed by atoms with E-state index in [-0.39, 0.29) is 5.56 Å². The highest BCUT2D eigenvalue weighted by molar-refractivity contribution is 5.95. The molecule has 0 unspecified atom stereocenters. The first kappa shape index (κ1) is 24.3. The molecule has 0 saturated carbocycles. The maximum atomic E-state index is 12.5. The molecule has 1 N–H and O–H groups in total. The minimum atomic E-state index is -0.648. The van der Waals surface area contributed by atoms with E-state index in [1.165, 1.54) is 13.2 Å². The van der Waals surface area contributed by atoms with Gasteiger partial charge in [0.15, 0.2) is 18.1 Å². The van der Waals surface area contributed by atoms with Crippen LogP contribution in [0.25, 0.3) is 0 Å². The Morgan fingerprint density at radius 1 is 0.750 bits per heavy atom. The maximum absolute atomic E-state index is 12.5. The summed E-state index contributed by atoms with van der Waals surface area (Å²) in [6.07, 6.45) is 0. The van der Waals surface area contributed by atoms with Crippen molar-refractivity contribution >= 4 is 17.6 Å². The molecule has 0 aliphatic rings. The molecule has 1 amide bonds. The van der Waals surface area contributed by atoms with Gasteiger partial charge in [-0.2, -0.15) is 0 Å². The van der Waals surface area contributed by atoms with E-state index in [1.54, 1.807) is 36.4 Å². The third-order valence-electron chi connectivity index (χ3n) is 5.09. The average Bonchev–Trinajstić information content (AvgIpc) is 2.92. The van der Waals surface area contributed by atoms with Gasteiger partial charge < -0.3 is 24.3 Å². The molecule has 0 aliphatic heterocycles. The number of carbonyl (C=O) groups excluding carboxylic acids is 2. The van der Waals surface area contributed by atoms with Crippen molar-refractivity contribution in [2.45, 2.75) is 6.61 Å². The molecule has 0 aliphatic carbocycles.